The van der Waals surface area contributed by atoms with Gasteiger partial charge in [0.2, 0.25) is 0 Å². The van der Waals surface area contributed by atoms with Gasteiger partial charge in [-0.3, -0.25) is 9.78 Å². The Balaban J connectivity index is 2.76. The second kappa shape index (κ2) is 7.79. The molecule has 0 aliphatic rings. The van der Waals surface area contributed by atoms with Gasteiger partial charge in [0.25, 0.3) is 0 Å². The summed E-state index contributed by atoms with van der Waals surface area (Å²) >= 11 is 0. The highest BCUT2D eigenvalue weighted by atomic mass is 16.5. The molecule has 5 heteroatoms. The molecule has 0 aliphatic heterocycles. The van der Waals surface area contributed by atoms with Crippen molar-refractivity contribution in [2.45, 2.75) is 13.3 Å². The van der Waals surface area contributed by atoms with Gasteiger partial charge >= 0.3 is 0 Å². The topological polar surface area (TPSA) is 62.7 Å². The number of Topliss-reactive ketones (excluding diaryl/α,β-unsaturated/α-hetero) is 1. The summed E-state index contributed by atoms with van der Waals surface area (Å²) in [5.41, 5.74) is 1.37. The molecule has 0 radical (unpaired) electrons. The number of nitrogens with zero attached hydrogens (tertiary/aromatic N) is 2. The minimum absolute atomic E-state index is 0.0344. The molecule has 1 aromatic heterocycles. The molecule has 0 saturated heterocycles. The van der Waals surface area contributed by atoms with Crippen molar-refractivity contribution >= 4 is 11.5 Å². The highest BCUT2D eigenvalue weighted by Gasteiger charge is 2.08. The standard InChI is InChI=1S/C13H20N2O3/c1-3-13(17)12-5-4-11(10-14-12)15(6-8-16)7-9-18-2/h4-5,10,16H,3,6-9H2,1-2H3. The van der Waals surface area contributed by atoms with Gasteiger partial charge in [-0.1, -0.05) is 6.92 Å². The maximum absolute atomic E-state index is 11.5. The zero-order chi connectivity index (χ0) is 13.4. The maximum atomic E-state index is 11.5. The summed E-state index contributed by atoms with van der Waals surface area (Å²) in [6.07, 6.45) is 2.12. The van der Waals surface area contributed by atoms with Crippen molar-refractivity contribution in [1.29, 1.82) is 0 Å². The van der Waals surface area contributed by atoms with Crippen LogP contribution in [-0.2, 0) is 4.74 Å². The van der Waals surface area contributed by atoms with Crippen molar-refractivity contribution in [2.24, 2.45) is 0 Å². The predicted molar refractivity (Wildman–Crippen MR) is 70.0 cm³/mol. The van der Waals surface area contributed by atoms with E-state index in [1.54, 1.807) is 19.4 Å². The molecule has 0 bridgehead atoms. The third-order valence-corrected chi connectivity index (χ3v) is 2.66. The van der Waals surface area contributed by atoms with Gasteiger partial charge in [-0.15, -0.1) is 0 Å². The van der Waals surface area contributed by atoms with Gasteiger partial charge in [0.1, 0.15) is 5.69 Å². The Kier molecular flexibility index (Phi) is 6.32. The van der Waals surface area contributed by atoms with Gasteiger partial charge in [-0.05, 0) is 12.1 Å². The monoisotopic (exact) mass is 252 g/mol. The molecule has 1 aromatic rings. The Morgan fingerprint density at radius 3 is 2.72 bits per heavy atom. The first kappa shape index (κ1) is 14.6. The molecule has 0 amide bonds. The summed E-state index contributed by atoms with van der Waals surface area (Å²) < 4.78 is 5.02. The van der Waals surface area contributed by atoms with Gasteiger partial charge in [-0.2, -0.15) is 0 Å². The Hall–Kier alpha value is -1.46. The summed E-state index contributed by atoms with van der Waals surface area (Å²) in [5.74, 6) is 0.0344. The molecule has 0 aromatic carbocycles. The number of anilines is 1. The van der Waals surface area contributed by atoms with Crippen LogP contribution in [0.1, 0.15) is 23.8 Å². The van der Waals surface area contributed by atoms with Crippen molar-refractivity contribution in [3.63, 3.8) is 0 Å². The number of aromatic nitrogens is 1. The van der Waals surface area contributed by atoms with Gasteiger partial charge in [0, 0.05) is 26.6 Å². The second-order valence-corrected chi connectivity index (χ2v) is 3.88. The number of pyridine rings is 1. The van der Waals surface area contributed by atoms with Crippen LogP contribution in [0.3, 0.4) is 0 Å². The van der Waals surface area contributed by atoms with Crippen LogP contribution < -0.4 is 4.90 Å². The van der Waals surface area contributed by atoms with E-state index in [1.807, 2.05) is 17.9 Å². The zero-order valence-electron chi connectivity index (χ0n) is 10.9. The Bertz CT molecular complexity index is 365. The molecule has 0 atom stereocenters. The Morgan fingerprint density at radius 2 is 2.22 bits per heavy atom. The van der Waals surface area contributed by atoms with E-state index in [0.29, 0.717) is 31.8 Å². The number of hydrogen-bond acceptors (Lipinski definition) is 5. The van der Waals surface area contributed by atoms with Gasteiger partial charge in [-0.25, -0.2) is 0 Å². The third kappa shape index (κ3) is 4.09. The molecule has 1 N–H and O–H groups in total. The predicted octanol–water partition coefficient (Wildman–Crippen LogP) is 1.12. The zero-order valence-corrected chi connectivity index (χ0v) is 10.9. The highest BCUT2D eigenvalue weighted by Crippen LogP contribution is 2.13. The fraction of sp³-hybridized carbons (Fsp3) is 0.538. The number of aliphatic hydroxyl groups excluding tert-OH is 1. The van der Waals surface area contributed by atoms with Gasteiger partial charge in [0.15, 0.2) is 5.78 Å². The number of methoxy groups -OCH3 is 1. The number of hydrogen-bond donors (Lipinski definition) is 1. The van der Waals surface area contributed by atoms with Crippen LogP contribution in [0, 0.1) is 0 Å². The lowest BCUT2D eigenvalue weighted by molar-refractivity contribution is 0.0983. The molecule has 18 heavy (non-hydrogen) atoms. The van der Waals surface area contributed by atoms with E-state index in [0.717, 1.165) is 5.69 Å². The summed E-state index contributed by atoms with van der Waals surface area (Å²) in [7, 11) is 1.64. The van der Waals surface area contributed by atoms with Crippen LogP contribution in [0.4, 0.5) is 5.69 Å². The molecule has 0 aliphatic carbocycles. The van der Waals surface area contributed by atoms with Crippen LogP contribution in [0.5, 0.6) is 0 Å². The third-order valence-electron chi connectivity index (χ3n) is 2.66. The van der Waals surface area contributed by atoms with E-state index >= 15 is 0 Å². The van der Waals surface area contributed by atoms with E-state index in [9.17, 15) is 4.79 Å². The summed E-state index contributed by atoms with van der Waals surface area (Å²) in [5, 5.41) is 9.02. The molecule has 0 unspecified atom stereocenters. The minimum atomic E-state index is 0.0344. The van der Waals surface area contributed by atoms with Gasteiger partial charge < -0.3 is 14.7 Å². The Morgan fingerprint density at radius 1 is 1.44 bits per heavy atom. The van der Waals surface area contributed by atoms with E-state index in [4.69, 9.17) is 9.84 Å². The molecule has 0 saturated carbocycles. The minimum Gasteiger partial charge on any atom is -0.395 e. The van der Waals surface area contributed by atoms with Gasteiger partial charge in [0.05, 0.1) is 25.1 Å². The molecular formula is C13H20N2O3. The summed E-state index contributed by atoms with van der Waals surface area (Å²) in [6.45, 7) is 3.66. The SMILES string of the molecule is CCC(=O)c1ccc(N(CCO)CCOC)cn1. The normalized spacial score (nSPS) is 10.4. The highest BCUT2D eigenvalue weighted by molar-refractivity contribution is 5.94. The lowest BCUT2D eigenvalue weighted by atomic mass is 10.2. The molecule has 0 fully saturated rings. The average molecular weight is 252 g/mol. The number of rotatable bonds is 8. The van der Waals surface area contributed by atoms with Crippen molar-refractivity contribution < 1.29 is 14.6 Å². The number of carbonyl (C=O) groups is 1. The first-order valence-electron chi connectivity index (χ1n) is 6.07. The fourth-order valence-electron chi connectivity index (χ4n) is 1.61. The van der Waals surface area contributed by atoms with E-state index in [1.165, 1.54) is 0 Å². The lowest BCUT2D eigenvalue weighted by Crippen LogP contribution is -2.30. The molecule has 5 nitrogen and oxygen atoms in total. The average Bonchev–Trinajstić information content (AvgIpc) is 2.43. The smallest absolute Gasteiger partial charge is 0.180 e. The number of carbonyl (C=O) groups excluding carboxylic acids is 1. The van der Waals surface area contributed by atoms with E-state index in [-0.39, 0.29) is 12.4 Å². The molecule has 1 rings (SSSR count). The number of ketones is 1. The van der Waals surface area contributed by atoms with Crippen molar-refractivity contribution in [3.8, 4) is 0 Å². The van der Waals surface area contributed by atoms with E-state index < -0.39 is 0 Å². The molecular weight excluding hydrogens is 232 g/mol. The largest absolute Gasteiger partial charge is 0.395 e. The van der Waals surface area contributed by atoms with Crippen molar-refractivity contribution in [1.82, 2.24) is 4.98 Å². The number of ether oxygens (including phenoxy) is 1. The van der Waals surface area contributed by atoms with Crippen molar-refractivity contribution in [3.05, 3.63) is 24.0 Å². The van der Waals surface area contributed by atoms with Crippen LogP contribution in [0.2, 0.25) is 0 Å². The second-order valence-electron chi connectivity index (χ2n) is 3.88. The summed E-state index contributed by atoms with van der Waals surface area (Å²) in [6, 6.07) is 3.57. The molecule has 100 valence electrons. The van der Waals surface area contributed by atoms with Crippen LogP contribution >= 0.6 is 0 Å². The lowest BCUT2D eigenvalue weighted by Gasteiger charge is -2.23. The summed E-state index contributed by atoms with van der Waals surface area (Å²) in [4.78, 5) is 17.6. The maximum Gasteiger partial charge on any atom is 0.180 e. The molecule has 0 spiro atoms. The molecule has 1 heterocycles. The van der Waals surface area contributed by atoms with Crippen molar-refractivity contribution in [2.75, 3.05) is 38.3 Å². The van der Waals surface area contributed by atoms with Crippen LogP contribution in [-0.4, -0.2) is 49.3 Å². The van der Waals surface area contributed by atoms with Crippen LogP contribution in [0.15, 0.2) is 18.3 Å². The quantitative estimate of drug-likeness (QED) is 0.702. The first-order valence-corrected chi connectivity index (χ1v) is 6.07. The first-order chi connectivity index (χ1) is 8.72. The number of aliphatic hydroxyl groups is 1. The van der Waals surface area contributed by atoms with E-state index in [2.05, 4.69) is 4.98 Å². The fourth-order valence-corrected chi connectivity index (χ4v) is 1.61. The van der Waals surface area contributed by atoms with Crippen LogP contribution in [0.25, 0.3) is 0 Å². The Labute approximate surface area is 107 Å².